The Morgan fingerprint density at radius 3 is 2.50 bits per heavy atom. The highest BCUT2D eigenvalue weighted by molar-refractivity contribution is 5.96. The lowest BCUT2D eigenvalue weighted by molar-refractivity contribution is -0.384. The van der Waals surface area contributed by atoms with Gasteiger partial charge in [-0.15, -0.1) is 0 Å². The Morgan fingerprint density at radius 2 is 1.80 bits per heavy atom. The van der Waals surface area contributed by atoms with Gasteiger partial charge >= 0.3 is 0 Å². The average Bonchev–Trinajstić information content (AvgIpc) is 2.78. The number of ether oxygens (including phenoxy) is 1. The van der Waals surface area contributed by atoms with Crippen LogP contribution in [-0.4, -0.2) is 47.4 Å². The Bertz CT molecular complexity index is 882. The Hall–Kier alpha value is -3.30. The number of likely N-dealkylation sites (tertiary alicyclic amines) is 1. The van der Waals surface area contributed by atoms with Crippen LogP contribution in [0.15, 0.2) is 54.6 Å². The molecule has 0 aromatic heterocycles. The molecule has 2 aromatic carbocycles. The molecule has 1 heterocycles. The van der Waals surface area contributed by atoms with Crippen molar-refractivity contribution < 1.29 is 19.2 Å². The number of rotatable bonds is 7. The van der Waals surface area contributed by atoms with E-state index in [2.05, 4.69) is 10.9 Å². The van der Waals surface area contributed by atoms with Crippen LogP contribution in [0.4, 0.5) is 5.69 Å². The Balaban J connectivity index is 1.36. The highest BCUT2D eigenvalue weighted by Gasteiger charge is 2.21. The van der Waals surface area contributed by atoms with Gasteiger partial charge in [-0.3, -0.25) is 35.5 Å². The van der Waals surface area contributed by atoms with Gasteiger partial charge in [0.15, 0.2) is 0 Å². The molecule has 9 heteroatoms. The van der Waals surface area contributed by atoms with Crippen LogP contribution in [0, 0.1) is 10.1 Å². The number of hydrogen-bond donors (Lipinski definition) is 2. The van der Waals surface area contributed by atoms with Crippen LogP contribution in [0.2, 0.25) is 0 Å². The second kappa shape index (κ2) is 10.5. The van der Waals surface area contributed by atoms with E-state index in [0.29, 0.717) is 6.61 Å². The van der Waals surface area contributed by atoms with E-state index in [4.69, 9.17) is 4.74 Å². The van der Waals surface area contributed by atoms with Gasteiger partial charge in [-0.25, -0.2) is 0 Å². The van der Waals surface area contributed by atoms with Crippen molar-refractivity contribution >= 4 is 17.5 Å². The molecule has 1 fully saturated rings. The first-order chi connectivity index (χ1) is 14.5. The van der Waals surface area contributed by atoms with Crippen molar-refractivity contribution in [3.05, 3.63) is 75.8 Å². The molecule has 0 spiro atoms. The number of nitrogens with zero attached hydrogens (tertiary/aromatic N) is 2. The number of carbonyl (C=O) groups is 2. The summed E-state index contributed by atoms with van der Waals surface area (Å²) < 4.78 is 5.94. The molecule has 0 atom stereocenters. The number of amides is 2. The van der Waals surface area contributed by atoms with Gasteiger partial charge in [0, 0.05) is 30.8 Å². The molecule has 3 rings (SSSR count). The maximum absolute atomic E-state index is 12.1. The highest BCUT2D eigenvalue weighted by atomic mass is 16.6. The van der Waals surface area contributed by atoms with E-state index in [0.717, 1.165) is 37.6 Å². The van der Waals surface area contributed by atoms with Crippen LogP contribution in [0.5, 0.6) is 0 Å². The number of nitro benzene ring substituents is 1. The summed E-state index contributed by atoms with van der Waals surface area (Å²) in [6, 6.07) is 15.3. The molecule has 0 aliphatic carbocycles. The van der Waals surface area contributed by atoms with Crippen LogP contribution in [0.1, 0.15) is 28.8 Å². The summed E-state index contributed by atoms with van der Waals surface area (Å²) in [7, 11) is 0. The van der Waals surface area contributed by atoms with Crippen molar-refractivity contribution in [3.63, 3.8) is 0 Å². The molecule has 2 aromatic rings. The van der Waals surface area contributed by atoms with Crippen molar-refractivity contribution in [3.8, 4) is 0 Å². The van der Waals surface area contributed by atoms with E-state index in [-0.39, 0.29) is 29.8 Å². The van der Waals surface area contributed by atoms with Gasteiger partial charge in [-0.05, 0) is 24.5 Å². The SMILES string of the molecule is O=C(CN1CCC(OCc2ccccc2)CC1)NNC(=O)c1cccc([N+](=O)[O-])c1. The minimum absolute atomic E-state index is 0.0980. The summed E-state index contributed by atoms with van der Waals surface area (Å²) in [4.78, 5) is 36.4. The predicted octanol–water partition coefficient (Wildman–Crippen LogP) is 2.04. The number of nitro groups is 1. The maximum atomic E-state index is 12.1. The van der Waals surface area contributed by atoms with Crippen LogP contribution >= 0.6 is 0 Å². The van der Waals surface area contributed by atoms with Crippen molar-refractivity contribution in [2.24, 2.45) is 0 Å². The third-order valence-electron chi connectivity index (χ3n) is 4.86. The van der Waals surface area contributed by atoms with Gasteiger partial charge in [0.1, 0.15) is 0 Å². The minimum atomic E-state index is -0.611. The van der Waals surface area contributed by atoms with E-state index in [1.165, 1.54) is 18.2 Å². The monoisotopic (exact) mass is 412 g/mol. The molecule has 158 valence electrons. The van der Waals surface area contributed by atoms with Crippen LogP contribution in [0.25, 0.3) is 0 Å². The van der Waals surface area contributed by atoms with E-state index < -0.39 is 10.8 Å². The molecule has 0 saturated carbocycles. The minimum Gasteiger partial charge on any atom is -0.373 e. The summed E-state index contributed by atoms with van der Waals surface area (Å²) in [5, 5.41) is 10.8. The normalized spacial score (nSPS) is 14.8. The van der Waals surface area contributed by atoms with Gasteiger partial charge in [-0.2, -0.15) is 0 Å². The highest BCUT2D eigenvalue weighted by Crippen LogP contribution is 2.15. The summed E-state index contributed by atoms with van der Waals surface area (Å²) >= 11 is 0. The molecule has 0 radical (unpaired) electrons. The summed E-state index contributed by atoms with van der Waals surface area (Å²) in [5.74, 6) is -0.961. The van der Waals surface area contributed by atoms with Crippen molar-refractivity contribution in [2.75, 3.05) is 19.6 Å². The smallest absolute Gasteiger partial charge is 0.270 e. The number of benzene rings is 2. The van der Waals surface area contributed by atoms with Gasteiger partial charge in [0.25, 0.3) is 17.5 Å². The maximum Gasteiger partial charge on any atom is 0.270 e. The first-order valence-electron chi connectivity index (χ1n) is 9.73. The van der Waals surface area contributed by atoms with Crippen molar-refractivity contribution in [1.82, 2.24) is 15.8 Å². The van der Waals surface area contributed by atoms with E-state index in [1.54, 1.807) is 0 Å². The lowest BCUT2D eigenvalue weighted by Crippen LogP contribution is -2.48. The molecular weight excluding hydrogens is 388 g/mol. The molecule has 9 nitrogen and oxygen atoms in total. The average molecular weight is 412 g/mol. The Labute approximate surface area is 174 Å². The summed E-state index contributed by atoms with van der Waals surface area (Å²) in [6.45, 7) is 2.19. The first kappa shape index (κ1) is 21.4. The summed E-state index contributed by atoms with van der Waals surface area (Å²) in [5.41, 5.74) is 5.69. The van der Waals surface area contributed by atoms with Gasteiger partial charge < -0.3 is 4.74 Å². The molecule has 1 saturated heterocycles. The number of non-ortho nitro benzene ring substituents is 1. The molecule has 30 heavy (non-hydrogen) atoms. The molecule has 2 amide bonds. The molecule has 1 aliphatic heterocycles. The van der Waals surface area contributed by atoms with Gasteiger partial charge in [0.05, 0.1) is 24.2 Å². The number of hydrogen-bond acceptors (Lipinski definition) is 6. The zero-order valence-corrected chi connectivity index (χ0v) is 16.5. The third-order valence-corrected chi connectivity index (χ3v) is 4.86. The van der Waals surface area contributed by atoms with E-state index in [9.17, 15) is 19.7 Å². The van der Waals surface area contributed by atoms with Gasteiger partial charge in [0.2, 0.25) is 0 Å². The first-order valence-corrected chi connectivity index (χ1v) is 9.73. The lowest BCUT2D eigenvalue weighted by atomic mass is 10.1. The Morgan fingerprint density at radius 1 is 1.07 bits per heavy atom. The molecule has 1 aliphatic rings. The molecule has 0 bridgehead atoms. The lowest BCUT2D eigenvalue weighted by Gasteiger charge is -2.31. The fraction of sp³-hybridized carbons (Fsp3) is 0.333. The van der Waals surface area contributed by atoms with Crippen LogP contribution in [0.3, 0.4) is 0 Å². The van der Waals surface area contributed by atoms with E-state index in [1.807, 2.05) is 35.2 Å². The summed E-state index contributed by atoms with van der Waals surface area (Å²) in [6.07, 6.45) is 1.83. The standard InChI is InChI=1S/C21H24N4O5/c26-20(22-23-21(27)17-7-4-8-18(13-17)25(28)29)14-24-11-9-19(10-12-24)30-15-16-5-2-1-3-6-16/h1-8,13,19H,9-12,14-15H2,(H,22,26)(H,23,27). The quantitative estimate of drug-likeness (QED) is 0.531. The molecular formula is C21H24N4O5. The van der Waals surface area contributed by atoms with Crippen LogP contribution < -0.4 is 10.9 Å². The largest absolute Gasteiger partial charge is 0.373 e. The topological polar surface area (TPSA) is 114 Å². The fourth-order valence-electron chi connectivity index (χ4n) is 3.22. The fourth-order valence-corrected chi connectivity index (χ4v) is 3.22. The van der Waals surface area contributed by atoms with Crippen molar-refractivity contribution in [2.45, 2.75) is 25.6 Å². The number of nitrogens with one attached hydrogen (secondary N) is 2. The molecule has 0 unspecified atom stereocenters. The zero-order chi connectivity index (χ0) is 21.3. The van der Waals surface area contributed by atoms with E-state index >= 15 is 0 Å². The van der Waals surface area contributed by atoms with Crippen molar-refractivity contribution in [1.29, 1.82) is 0 Å². The second-order valence-corrected chi connectivity index (χ2v) is 7.08. The second-order valence-electron chi connectivity index (χ2n) is 7.08. The zero-order valence-electron chi connectivity index (χ0n) is 16.5. The number of piperidine rings is 1. The number of hydrazine groups is 1. The molecule has 2 N–H and O–H groups in total. The third kappa shape index (κ3) is 6.36. The predicted molar refractivity (Wildman–Crippen MR) is 109 cm³/mol. The number of carbonyl (C=O) groups excluding carboxylic acids is 2. The Kier molecular flexibility index (Phi) is 7.47. The van der Waals surface area contributed by atoms with Crippen LogP contribution in [-0.2, 0) is 16.1 Å². The van der Waals surface area contributed by atoms with Gasteiger partial charge in [-0.1, -0.05) is 36.4 Å².